The highest BCUT2D eigenvalue weighted by Crippen LogP contribution is 2.42. The largest absolute Gasteiger partial charge is 0.478 e. The molecule has 0 saturated heterocycles. The SMILES string of the molecule is CC[C@H](c1ccccn1)n1cc(-c2ccc(C(=O)OC)cc2)c2ncc(-c3c(C)noc3C)cc21.CC[C@H](c1ccccn1)n1cc(I)c2ncc(-c3c(C)noc3C)cc21.COC(=O)c1ccc(-c2cn(Cc3cnc(C)s3)c3cc(-c4c(C)noc4C)cnc23)cc1.Cc1ncc(Cn2cc(-c3ccc(C(=O)O)cc3)c3ncc(-c4c(C)noc4C)cc32)s1. The first-order valence-electron chi connectivity index (χ1n) is 40.7. The molecule has 126 heavy (non-hydrogen) atoms. The highest BCUT2D eigenvalue weighted by molar-refractivity contribution is 14.1. The summed E-state index contributed by atoms with van der Waals surface area (Å²) in [6, 6.07) is 42.5. The molecule has 0 aliphatic heterocycles. The van der Waals surface area contributed by atoms with E-state index in [2.05, 4.69) is 156 Å². The molecule has 634 valence electrons. The Morgan fingerprint density at radius 3 is 1.05 bits per heavy atom. The van der Waals surface area contributed by atoms with Crippen LogP contribution in [0.5, 0.6) is 0 Å². The van der Waals surface area contributed by atoms with Crippen molar-refractivity contribution in [1.29, 1.82) is 0 Å². The van der Waals surface area contributed by atoms with Crippen LogP contribution in [0.4, 0.5) is 0 Å². The molecule has 0 amide bonds. The summed E-state index contributed by atoms with van der Waals surface area (Å²) >= 11 is 5.70. The molecule has 16 aromatic heterocycles. The maximum atomic E-state index is 11.9. The van der Waals surface area contributed by atoms with E-state index in [9.17, 15) is 19.5 Å². The molecule has 0 aliphatic carbocycles. The van der Waals surface area contributed by atoms with Crippen molar-refractivity contribution in [3.63, 3.8) is 0 Å². The number of carboxylic acid groups (broad SMARTS) is 1. The number of pyridine rings is 6. The number of aryl methyl sites for hydroxylation is 10. The van der Waals surface area contributed by atoms with Crippen LogP contribution in [-0.4, -0.2) is 116 Å². The lowest BCUT2D eigenvalue weighted by Gasteiger charge is -2.18. The van der Waals surface area contributed by atoms with E-state index in [-0.39, 0.29) is 29.6 Å². The number of halogens is 1. The summed E-state index contributed by atoms with van der Waals surface area (Å²) in [5.74, 6) is 1.44. The molecular weight excluding hydrogens is 1740 g/mol. The third-order valence-electron chi connectivity index (χ3n) is 22.2. The fourth-order valence-electron chi connectivity index (χ4n) is 16.2. The fourth-order valence-corrected chi connectivity index (χ4v) is 18.5. The first-order valence-corrected chi connectivity index (χ1v) is 43.4. The summed E-state index contributed by atoms with van der Waals surface area (Å²) in [5, 5.41) is 27.6. The van der Waals surface area contributed by atoms with Crippen LogP contribution in [0.1, 0.15) is 147 Å². The molecule has 26 nitrogen and oxygen atoms in total. The van der Waals surface area contributed by atoms with Gasteiger partial charge in [-0.25, -0.2) is 24.4 Å². The first-order chi connectivity index (χ1) is 60.9. The summed E-state index contributed by atoms with van der Waals surface area (Å²) < 4.78 is 41.2. The van der Waals surface area contributed by atoms with Gasteiger partial charge in [0.1, 0.15) is 28.6 Å². The Labute approximate surface area is 746 Å². The molecule has 0 fully saturated rings. The minimum absolute atomic E-state index is 0.0310. The van der Waals surface area contributed by atoms with Gasteiger partial charge in [-0.05, 0) is 206 Å². The van der Waals surface area contributed by atoms with E-state index < -0.39 is 5.97 Å². The number of ether oxygens (including phenoxy) is 2. The van der Waals surface area contributed by atoms with Crippen LogP contribution >= 0.6 is 45.3 Å². The van der Waals surface area contributed by atoms with E-state index in [1.54, 1.807) is 59.1 Å². The van der Waals surface area contributed by atoms with Crippen molar-refractivity contribution in [2.45, 2.75) is 121 Å². The number of thiazole rings is 2. The fraction of sp³-hybridized carbons (Fsp3) is 0.206. The standard InChI is InChI=1S/C28H26N4O3.C25H22N4O3S.C24H20N4O3S.C20H19IN4O/c1-5-24(23-8-6-7-13-29-23)32-16-22(19-9-11-20(12-10-19)28(33)34-4)27-25(32)14-21(15-30-27)26-17(2)31-35-18(26)3;1-14-23(15(2)32-28-14)19-9-22-24(27-10-19)21(13-29(22)12-20-11-26-16(3)33-20)17-5-7-18(8-6-17)25(30)31-4;1-13-22(14(2)31-27-13)18-8-21-23(26-9-18)20(16-4-6-17(7-5-16)24(29)30)12-28(21)11-19-10-25-15(3)32-19;1-4-17(16-7-5-6-8-22-16)25-11-15(21)20-18(25)9-14(10-23-20)19-12(2)24-26-13(19)3/h6-16,24H,5H2,1-4H3;5-11,13H,12H2,1-4H3;4-10,12H,11H2,1-3H3,(H,29,30);5-11,17H,4H2,1-3H3/t24-;;;17-/m1..1/s1. The van der Waals surface area contributed by atoms with Gasteiger partial charge in [0, 0.05) is 145 Å². The van der Waals surface area contributed by atoms with Gasteiger partial charge < -0.3 is 50.9 Å². The Morgan fingerprint density at radius 1 is 0.397 bits per heavy atom. The molecule has 0 radical (unpaired) electrons. The Bertz CT molecular complexity index is 7140. The Hall–Kier alpha value is -14.0. The lowest BCUT2D eigenvalue weighted by molar-refractivity contribution is 0.0592. The summed E-state index contributed by atoms with van der Waals surface area (Å²) in [7, 11) is 2.76. The van der Waals surface area contributed by atoms with Crippen LogP contribution in [0.2, 0.25) is 0 Å². The minimum Gasteiger partial charge on any atom is -0.478 e. The topological polar surface area (TPSA) is 317 Å². The van der Waals surface area contributed by atoms with Gasteiger partial charge in [-0.3, -0.25) is 29.9 Å². The average Bonchev–Trinajstić information content (AvgIpc) is 1.61. The van der Waals surface area contributed by atoms with E-state index >= 15 is 0 Å². The molecule has 19 rings (SSSR count). The van der Waals surface area contributed by atoms with Crippen LogP contribution in [0, 0.1) is 72.8 Å². The predicted octanol–water partition coefficient (Wildman–Crippen LogP) is 22.5. The number of rotatable bonds is 20. The van der Waals surface area contributed by atoms with Gasteiger partial charge in [0.05, 0.1) is 142 Å². The molecule has 0 spiro atoms. The molecule has 29 heteroatoms. The number of nitrogens with zero attached hydrogens (tertiary/aromatic N) is 16. The number of fused-ring (bicyclic) bond motifs is 4. The van der Waals surface area contributed by atoms with Crippen molar-refractivity contribution in [2.24, 2.45) is 0 Å². The summed E-state index contributed by atoms with van der Waals surface area (Å²) in [5.41, 5.74) is 28.0. The molecule has 16 heterocycles. The number of carbonyl (C=O) groups is 3. The van der Waals surface area contributed by atoms with Gasteiger partial charge in [0.2, 0.25) is 0 Å². The molecular formula is C97H87IN16O10S2. The Kier molecular flexibility index (Phi) is 25.0. The summed E-state index contributed by atoms with van der Waals surface area (Å²) in [6.45, 7) is 25.1. The quantitative estimate of drug-likeness (QED) is 0.0547. The van der Waals surface area contributed by atoms with Gasteiger partial charge >= 0.3 is 17.9 Å². The second kappa shape index (κ2) is 36.8. The average molecular weight is 1830 g/mol. The molecule has 0 aliphatic rings. The van der Waals surface area contributed by atoms with Crippen LogP contribution in [0.15, 0.2) is 226 Å². The molecule has 19 aromatic rings. The van der Waals surface area contributed by atoms with Gasteiger partial charge in [0.15, 0.2) is 0 Å². The molecule has 1 N–H and O–H groups in total. The zero-order valence-corrected chi connectivity index (χ0v) is 75.4. The van der Waals surface area contributed by atoms with E-state index in [0.717, 1.165) is 211 Å². The first kappa shape index (κ1) is 85.5. The van der Waals surface area contributed by atoms with Gasteiger partial charge in [-0.2, -0.15) is 0 Å². The van der Waals surface area contributed by atoms with Crippen molar-refractivity contribution < 1.29 is 47.1 Å². The van der Waals surface area contributed by atoms with Crippen LogP contribution in [0.25, 0.3) is 122 Å². The van der Waals surface area contributed by atoms with Crippen molar-refractivity contribution in [3.8, 4) is 77.9 Å². The molecule has 0 saturated carbocycles. The van der Waals surface area contributed by atoms with Gasteiger partial charge in [-0.15, -0.1) is 22.7 Å². The van der Waals surface area contributed by atoms with Crippen LogP contribution < -0.4 is 0 Å². The number of aromatic nitrogens is 16. The number of benzene rings is 3. The lowest BCUT2D eigenvalue weighted by atomic mass is 10.0. The van der Waals surface area contributed by atoms with Crippen LogP contribution in [-0.2, 0) is 22.6 Å². The lowest BCUT2D eigenvalue weighted by Crippen LogP contribution is -2.10. The van der Waals surface area contributed by atoms with Crippen molar-refractivity contribution >= 4 is 107 Å². The monoisotopic (exact) mass is 1830 g/mol. The normalized spacial score (nSPS) is 11.8. The number of hydrogen-bond donors (Lipinski definition) is 1. The van der Waals surface area contributed by atoms with Crippen molar-refractivity contribution in [2.75, 3.05) is 14.2 Å². The Balaban J connectivity index is 0.000000124. The number of carboxylic acids is 1. The molecule has 0 unspecified atom stereocenters. The number of esters is 2. The van der Waals surface area contributed by atoms with E-state index in [4.69, 9.17) is 47.5 Å². The van der Waals surface area contributed by atoms with Crippen molar-refractivity contribution in [1.82, 2.24) is 78.8 Å². The van der Waals surface area contributed by atoms with Gasteiger partial charge in [-0.1, -0.05) is 83.0 Å². The zero-order valence-electron chi connectivity index (χ0n) is 71.6. The maximum Gasteiger partial charge on any atom is 0.337 e. The van der Waals surface area contributed by atoms with E-state index in [1.165, 1.54) is 19.1 Å². The summed E-state index contributed by atoms with van der Waals surface area (Å²) in [4.78, 5) is 74.6. The van der Waals surface area contributed by atoms with E-state index in [0.29, 0.717) is 24.2 Å². The maximum absolute atomic E-state index is 11.9. The third kappa shape index (κ3) is 17.4. The van der Waals surface area contributed by atoms with E-state index in [1.807, 2.05) is 179 Å². The molecule has 2 atom stereocenters. The number of hydrogen-bond acceptors (Lipinski definition) is 23. The minimum atomic E-state index is -0.943. The number of aromatic carboxylic acids is 1. The second-order valence-electron chi connectivity index (χ2n) is 30.4. The zero-order chi connectivity index (χ0) is 88.3. The molecule has 3 aromatic carbocycles. The van der Waals surface area contributed by atoms with Crippen molar-refractivity contribution in [3.05, 3.63) is 305 Å². The number of methoxy groups -OCH3 is 2. The molecule has 0 bridgehead atoms. The number of carbonyl (C=O) groups excluding carboxylic acids is 2. The highest BCUT2D eigenvalue weighted by atomic mass is 127. The summed E-state index contributed by atoms with van der Waals surface area (Å²) in [6.07, 6.45) is 25.2. The second-order valence-corrected chi connectivity index (χ2v) is 34.2. The Morgan fingerprint density at radius 2 is 0.730 bits per heavy atom. The predicted molar refractivity (Wildman–Crippen MR) is 495 cm³/mol. The third-order valence-corrected chi connectivity index (χ3v) is 24.8. The highest BCUT2D eigenvalue weighted by Gasteiger charge is 2.27. The van der Waals surface area contributed by atoms with Crippen LogP contribution in [0.3, 0.4) is 0 Å². The smallest absolute Gasteiger partial charge is 0.337 e. The van der Waals surface area contributed by atoms with Gasteiger partial charge in [0.25, 0.3) is 0 Å².